The minimum absolute atomic E-state index is 0.0888. The molecule has 0 aliphatic heterocycles. The number of rotatable bonds is 3. The number of carbonyl (C=O) groups is 1. The van der Waals surface area contributed by atoms with Crippen LogP contribution in [0.3, 0.4) is 0 Å². The summed E-state index contributed by atoms with van der Waals surface area (Å²) in [5, 5.41) is 4.95. The second-order valence-electron chi connectivity index (χ2n) is 4.38. The zero-order chi connectivity index (χ0) is 13.3. The first-order chi connectivity index (χ1) is 8.49. The summed E-state index contributed by atoms with van der Waals surface area (Å²) >= 11 is 5.81. The van der Waals surface area contributed by atoms with Crippen LogP contribution in [0.4, 0.5) is 0 Å². The lowest BCUT2D eigenvalue weighted by Crippen LogP contribution is -2.05. The third kappa shape index (κ3) is 2.46. The van der Waals surface area contributed by atoms with Crippen LogP contribution in [0.15, 0.2) is 24.3 Å². The van der Waals surface area contributed by atoms with Gasteiger partial charge in [-0.3, -0.25) is 9.48 Å². The first kappa shape index (κ1) is 12.8. The molecule has 3 nitrogen and oxygen atoms in total. The summed E-state index contributed by atoms with van der Waals surface area (Å²) in [6.45, 7) is 3.90. The Bertz CT molecular complexity index is 585. The molecule has 0 spiro atoms. The summed E-state index contributed by atoms with van der Waals surface area (Å²) in [5.41, 5.74) is 3.65. The first-order valence-corrected chi connectivity index (χ1v) is 6.14. The van der Waals surface area contributed by atoms with Crippen LogP contribution < -0.4 is 0 Å². The molecule has 0 N–H and O–H groups in total. The number of benzene rings is 1. The highest BCUT2D eigenvalue weighted by atomic mass is 35.5. The Hall–Kier alpha value is -1.61. The van der Waals surface area contributed by atoms with Crippen molar-refractivity contribution in [1.82, 2.24) is 9.78 Å². The smallest absolute Gasteiger partial charge is 0.167 e. The third-order valence-corrected chi connectivity index (χ3v) is 3.41. The molecule has 0 saturated carbocycles. The monoisotopic (exact) mass is 262 g/mol. The van der Waals surface area contributed by atoms with Gasteiger partial charge in [0.05, 0.1) is 5.69 Å². The predicted octanol–water partition coefficient (Wildman–Crippen LogP) is 3.12. The molecule has 0 radical (unpaired) electrons. The van der Waals surface area contributed by atoms with E-state index in [9.17, 15) is 4.79 Å². The third-order valence-electron chi connectivity index (χ3n) is 3.16. The zero-order valence-corrected chi connectivity index (χ0v) is 11.5. The molecule has 0 aliphatic carbocycles. The van der Waals surface area contributed by atoms with Crippen LogP contribution in [0.5, 0.6) is 0 Å². The van der Waals surface area contributed by atoms with Crippen molar-refractivity contribution in [2.24, 2.45) is 7.05 Å². The lowest BCUT2D eigenvalue weighted by molar-refractivity contribution is 0.0992. The minimum atomic E-state index is 0.0888. The van der Waals surface area contributed by atoms with E-state index in [0.29, 0.717) is 17.0 Å². The van der Waals surface area contributed by atoms with Gasteiger partial charge < -0.3 is 0 Å². The molecule has 2 rings (SSSR count). The van der Waals surface area contributed by atoms with Gasteiger partial charge >= 0.3 is 0 Å². The van der Waals surface area contributed by atoms with E-state index >= 15 is 0 Å². The van der Waals surface area contributed by atoms with Crippen LogP contribution in [0.1, 0.15) is 27.3 Å². The highest BCUT2D eigenvalue weighted by Gasteiger charge is 2.14. The molecule has 4 heteroatoms. The number of carbonyl (C=O) groups excluding carboxylic acids is 1. The Labute approximate surface area is 111 Å². The zero-order valence-electron chi connectivity index (χ0n) is 10.7. The Morgan fingerprint density at radius 3 is 2.39 bits per heavy atom. The molecule has 94 valence electrons. The van der Waals surface area contributed by atoms with E-state index in [0.717, 1.165) is 17.0 Å². The van der Waals surface area contributed by atoms with Crippen LogP contribution >= 0.6 is 11.6 Å². The fourth-order valence-electron chi connectivity index (χ4n) is 1.97. The average molecular weight is 263 g/mol. The molecular formula is C14H15ClN2O. The molecule has 0 fully saturated rings. The highest BCUT2D eigenvalue weighted by molar-refractivity contribution is 6.30. The van der Waals surface area contributed by atoms with Crippen molar-refractivity contribution in [3.8, 4) is 0 Å². The predicted molar refractivity (Wildman–Crippen MR) is 72.2 cm³/mol. The molecule has 2 aromatic rings. The van der Waals surface area contributed by atoms with Crippen LogP contribution in [-0.4, -0.2) is 15.6 Å². The molecule has 0 amide bonds. The maximum absolute atomic E-state index is 12.2. The molecule has 0 unspecified atom stereocenters. The van der Waals surface area contributed by atoms with Crippen LogP contribution in [0.2, 0.25) is 5.02 Å². The van der Waals surface area contributed by atoms with Gasteiger partial charge in [0.2, 0.25) is 0 Å². The van der Waals surface area contributed by atoms with Gasteiger partial charge in [-0.15, -0.1) is 0 Å². The molecule has 18 heavy (non-hydrogen) atoms. The number of halogens is 1. The number of ketones is 1. The van der Waals surface area contributed by atoms with E-state index in [1.54, 1.807) is 28.9 Å². The number of nitrogens with zero attached hydrogens (tertiary/aromatic N) is 2. The fourth-order valence-corrected chi connectivity index (χ4v) is 2.10. The van der Waals surface area contributed by atoms with Gasteiger partial charge in [-0.25, -0.2) is 0 Å². The van der Waals surface area contributed by atoms with E-state index in [2.05, 4.69) is 5.10 Å². The summed E-state index contributed by atoms with van der Waals surface area (Å²) in [7, 11) is 1.89. The number of Topliss-reactive ketones (excluding diaryl/α,β-unsaturated/α-hetero) is 1. The summed E-state index contributed by atoms with van der Waals surface area (Å²) in [6.07, 6.45) is 0.382. The normalized spacial score (nSPS) is 10.7. The van der Waals surface area contributed by atoms with Gasteiger partial charge in [0, 0.05) is 35.3 Å². The van der Waals surface area contributed by atoms with Crippen molar-refractivity contribution in [3.05, 3.63) is 51.8 Å². The lowest BCUT2D eigenvalue weighted by atomic mass is 10.0. The van der Waals surface area contributed by atoms with Crippen molar-refractivity contribution in [2.45, 2.75) is 20.3 Å². The number of hydrogen-bond acceptors (Lipinski definition) is 2. The average Bonchev–Trinajstić information content (AvgIpc) is 2.57. The maximum atomic E-state index is 12.2. The van der Waals surface area contributed by atoms with Crippen LogP contribution in [0, 0.1) is 13.8 Å². The fraction of sp³-hybridized carbons (Fsp3) is 0.286. The Balaban J connectivity index is 2.24. The lowest BCUT2D eigenvalue weighted by Gasteiger charge is -2.02. The highest BCUT2D eigenvalue weighted by Crippen LogP contribution is 2.16. The molecule has 0 atom stereocenters. The second-order valence-corrected chi connectivity index (χ2v) is 4.82. The molecular weight excluding hydrogens is 248 g/mol. The van der Waals surface area contributed by atoms with Crippen molar-refractivity contribution in [1.29, 1.82) is 0 Å². The Morgan fingerprint density at radius 1 is 1.28 bits per heavy atom. The van der Waals surface area contributed by atoms with E-state index in [1.807, 2.05) is 20.9 Å². The summed E-state index contributed by atoms with van der Waals surface area (Å²) in [5.74, 6) is 0.0888. The van der Waals surface area contributed by atoms with Crippen LogP contribution in [-0.2, 0) is 13.5 Å². The van der Waals surface area contributed by atoms with Gasteiger partial charge in [-0.1, -0.05) is 11.6 Å². The Morgan fingerprint density at radius 2 is 1.89 bits per heavy atom. The molecule has 1 aromatic carbocycles. The summed E-state index contributed by atoms with van der Waals surface area (Å²) < 4.78 is 1.81. The van der Waals surface area contributed by atoms with Crippen molar-refractivity contribution in [2.75, 3.05) is 0 Å². The van der Waals surface area contributed by atoms with Gasteiger partial charge in [0.1, 0.15) is 0 Å². The van der Waals surface area contributed by atoms with E-state index < -0.39 is 0 Å². The number of hydrogen-bond donors (Lipinski definition) is 0. The molecule has 0 aliphatic rings. The van der Waals surface area contributed by atoms with E-state index in [1.165, 1.54) is 0 Å². The number of aromatic nitrogens is 2. The molecule has 1 heterocycles. The van der Waals surface area contributed by atoms with Gasteiger partial charge in [0.25, 0.3) is 0 Å². The minimum Gasteiger partial charge on any atom is -0.294 e. The Kier molecular flexibility index (Phi) is 3.53. The van der Waals surface area contributed by atoms with Gasteiger partial charge in [0.15, 0.2) is 5.78 Å². The van der Waals surface area contributed by atoms with Gasteiger partial charge in [-0.2, -0.15) is 5.10 Å². The summed E-state index contributed by atoms with van der Waals surface area (Å²) in [4.78, 5) is 12.2. The van der Waals surface area contributed by atoms with E-state index in [4.69, 9.17) is 11.6 Å². The quantitative estimate of drug-likeness (QED) is 0.797. The molecule has 0 bridgehead atoms. The molecule has 1 aromatic heterocycles. The second kappa shape index (κ2) is 4.94. The maximum Gasteiger partial charge on any atom is 0.167 e. The van der Waals surface area contributed by atoms with Crippen molar-refractivity contribution in [3.63, 3.8) is 0 Å². The molecule has 0 saturated heterocycles. The van der Waals surface area contributed by atoms with Gasteiger partial charge in [-0.05, 0) is 38.1 Å². The topological polar surface area (TPSA) is 34.9 Å². The SMILES string of the molecule is Cc1nn(C)c(C)c1CC(=O)c1ccc(Cl)cc1. The van der Waals surface area contributed by atoms with Crippen LogP contribution in [0.25, 0.3) is 0 Å². The van der Waals surface area contributed by atoms with Crippen molar-refractivity contribution >= 4 is 17.4 Å². The van der Waals surface area contributed by atoms with Crippen molar-refractivity contribution < 1.29 is 4.79 Å². The summed E-state index contributed by atoms with van der Waals surface area (Å²) in [6, 6.07) is 6.98. The first-order valence-electron chi connectivity index (χ1n) is 5.77. The number of aryl methyl sites for hydroxylation is 2. The largest absolute Gasteiger partial charge is 0.294 e. The van der Waals surface area contributed by atoms with E-state index in [-0.39, 0.29) is 5.78 Å². The standard InChI is InChI=1S/C14H15ClN2O/c1-9-13(10(2)17(3)16-9)8-14(18)11-4-6-12(15)7-5-11/h4-7H,8H2,1-3H3.